The molecule has 1 unspecified atom stereocenters. The summed E-state index contributed by atoms with van der Waals surface area (Å²) in [5.41, 5.74) is 3.42. The molecule has 1 saturated heterocycles. The molecule has 1 aliphatic heterocycles. The summed E-state index contributed by atoms with van der Waals surface area (Å²) in [4.78, 5) is 16.7. The number of ether oxygens (including phenoxy) is 1. The van der Waals surface area contributed by atoms with Gasteiger partial charge in [-0.3, -0.25) is 4.90 Å². The number of nitrogens with zero attached hydrogens (tertiary/aromatic N) is 2. The van der Waals surface area contributed by atoms with Crippen LogP contribution in [0.3, 0.4) is 0 Å². The lowest BCUT2D eigenvalue weighted by Crippen LogP contribution is -2.48. The van der Waals surface area contributed by atoms with Crippen LogP contribution in [0.15, 0.2) is 78.2 Å². The summed E-state index contributed by atoms with van der Waals surface area (Å²) in [5, 5.41) is 3.20. The number of hydrogen-bond acceptors (Lipinski definition) is 5. The normalized spacial score (nSPS) is 15.5. The minimum atomic E-state index is -0.393. The van der Waals surface area contributed by atoms with Crippen molar-refractivity contribution in [2.45, 2.75) is 13.0 Å². The minimum absolute atomic E-state index is 0.0857. The quantitative estimate of drug-likeness (QED) is 0.214. The van der Waals surface area contributed by atoms with E-state index >= 15 is 0 Å². The molecule has 1 aliphatic rings. The molecule has 5 rings (SSSR count). The molecule has 202 valence electrons. The highest BCUT2D eigenvalue weighted by Crippen LogP contribution is 2.33. The van der Waals surface area contributed by atoms with Crippen LogP contribution < -0.4 is 0 Å². The lowest BCUT2D eigenvalue weighted by Gasteiger charge is -2.36. The van der Waals surface area contributed by atoms with Crippen molar-refractivity contribution < 1.29 is 18.3 Å². The largest absolute Gasteiger partial charge is 0.367 e. The molecule has 4 nitrogen and oxygen atoms in total. The van der Waals surface area contributed by atoms with Gasteiger partial charge in [0.2, 0.25) is 0 Å². The van der Waals surface area contributed by atoms with E-state index in [9.17, 15) is 13.6 Å². The molecule has 0 N–H and O–H groups in total. The van der Waals surface area contributed by atoms with Crippen LogP contribution in [0.5, 0.6) is 0 Å². The molecule has 2 heterocycles. The first-order valence-corrected chi connectivity index (χ1v) is 14.2. The standard InChI is InChI=1S/C32H32F2N2O2S/c1-23(29(21-37)30-22-39-31-5-3-2-4-28(30)31)20-36-16-14-35(15-17-36)18-19-38-32(24-6-10-26(33)11-7-24)25-8-12-27(34)13-9-25/h2-13,22-23,32H,14-20H2,1H3. The first-order valence-electron chi connectivity index (χ1n) is 13.3. The third-order valence-electron chi connectivity index (χ3n) is 7.41. The van der Waals surface area contributed by atoms with E-state index in [4.69, 9.17) is 4.74 Å². The van der Waals surface area contributed by atoms with Crippen LogP contribution in [-0.4, -0.2) is 61.6 Å². The second-order valence-electron chi connectivity index (χ2n) is 10.1. The number of hydrogen-bond donors (Lipinski definition) is 0. The average Bonchev–Trinajstić information content (AvgIpc) is 3.38. The van der Waals surface area contributed by atoms with E-state index in [1.807, 2.05) is 12.1 Å². The van der Waals surface area contributed by atoms with Gasteiger partial charge in [0.05, 0.1) is 6.61 Å². The topological polar surface area (TPSA) is 32.8 Å². The molecule has 0 saturated carbocycles. The van der Waals surface area contributed by atoms with Crippen molar-refractivity contribution in [1.29, 1.82) is 0 Å². The lowest BCUT2D eigenvalue weighted by molar-refractivity contribution is 0.0443. The summed E-state index contributed by atoms with van der Waals surface area (Å²) in [6.45, 7) is 7.85. The third-order valence-corrected chi connectivity index (χ3v) is 8.37. The molecule has 39 heavy (non-hydrogen) atoms. The number of benzene rings is 3. The molecule has 1 fully saturated rings. The summed E-state index contributed by atoms with van der Waals surface area (Å²) in [6, 6.07) is 20.7. The molecule has 1 atom stereocenters. The molecule has 0 aliphatic carbocycles. The van der Waals surface area contributed by atoms with Crippen molar-refractivity contribution in [3.05, 3.63) is 107 Å². The van der Waals surface area contributed by atoms with E-state index in [-0.39, 0.29) is 17.6 Å². The van der Waals surface area contributed by atoms with Crippen LogP contribution in [0.2, 0.25) is 0 Å². The van der Waals surface area contributed by atoms with Crippen LogP contribution in [0.4, 0.5) is 8.78 Å². The van der Waals surface area contributed by atoms with Crippen molar-refractivity contribution in [2.75, 3.05) is 45.9 Å². The Morgan fingerprint density at radius 2 is 1.49 bits per heavy atom. The van der Waals surface area contributed by atoms with Gasteiger partial charge in [0, 0.05) is 71.8 Å². The van der Waals surface area contributed by atoms with Gasteiger partial charge in [-0.1, -0.05) is 49.4 Å². The fraction of sp³-hybridized carbons (Fsp3) is 0.312. The molecule has 3 aromatic carbocycles. The van der Waals surface area contributed by atoms with E-state index in [1.54, 1.807) is 35.6 Å². The van der Waals surface area contributed by atoms with Crippen molar-refractivity contribution in [3.8, 4) is 0 Å². The van der Waals surface area contributed by atoms with E-state index < -0.39 is 6.10 Å². The Kier molecular flexibility index (Phi) is 8.97. The Labute approximate surface area is 232 Å². The van der Waals surface area contributed by atoms with E-state index in [0.29, 0.717) is 6.61 Å². The maximum atomic E-state index is 13.5. The highest BCUT2D eigenvalue weighted by molar-refractivity contribution is 7.17. The summed E-state index contributed by atoms with van der Waals surface area (Å²) < 4.78 is 34.4. The Morgan fingerprint density at radius 3 is 2.10 bits per heavy atom. The van der Waals surface area contributed by atoms with Gasteiger partial charge >= 0.3 is 0 Å². The molecule has 7 heteroatoms. The highest BCUT2D eigenvalue weighted by atomic mass is 32.1. The zero-order valence-electron chi connectivity index (χ0n) is 22.0. The molecule has 0 radical (unpaired) electrons. The van der Waals surface area contributed by atoms with Gasteiger partial charge < -0.3 is 9.64 Å². The maximum absolute atomic E-state index is 13.5. The van der Waals surface area contributed by atoms with E-state index in [2.05, 4.69) is 40.2 Å². The number of halogens is 2. The predicted octanol–water partition coefficient (Wildman–Crippen LogP) is 6.45. The van der Waals surface area contributed by atoms with Crippen molar-refractivity contribution in [3.63, 3.8) is 0 Å². The van der Waals surface area contributed by atoms with Crippen molar-refractivity contribution in [2.24, 2.45) is 5.92 Å². The first-order chi connectivity index (χ1) is 19.0. The molecule has 0 spiro atoms. The lowest BCUT2D eigenvalue weighted by atomic mass is 9.94. The molecule has 0 bridgehead atoms. The number of rotatable bonds is 10. The SMILES string of the molecule is CC(CN1CCN(CCOC(c2ccc(F)cc2)c2ccc(F)cc2)CC1)C(=C=O)c1csc2ccccc12. The monoisotopic (exact) mass is 546 g/mol. The first kappa shape index (κ1) is 27.4. The number of fused-ring (bicyclic) bond motifs is 1. The minimum Gasteiger partial charge on any atom is -0.367 e. The van der Waals surface area contributed by atoms with Gasteiger partial charge in [-0.25, -0.2) is 13.6 Å². The number of carbonyl (C=O) groups excluding carboxylic acids is 1. The Morgan fingerprint density at radius 1 is 0.897 bits per heavy atom. The summed E-state index contributed by atoms with van der Waals surface area (Å²) in [5.74, 6) is 1.72. The van der Waals surface area contributed by atoms with E-state index in [1.165, 1.54) is 29.0 Å². The van der Waals surface area contributed by atoms with E-state index in [0.717, 1.165) is 66.9 Å². The predicted molar refractivity (Wildman–Crippen MR) is 154 cm³/mol. The molecule has 1 aromatic heterocycles. The Bertz CT molecular complexity index is 1380. The van der Waals surface area contributed by atoms with Gasteiger partial charge in [0.25, 0.3) is 0 Å². The third kappa shape index (κ3) is 6.70. The van der Waals surface area contributed by atoms with Gasteiger partial charge in [-0.15, -0.1) is 11.3 Å². The smallest absolute Gasteiger partial charge is 0.128 e. The van der Waals surface area contributed by atoms with Crippen LogP contribution in [0, 0.1) is 17.6 Å². The van der Waals surface area contributed by atoms with Crippen molar-refractivity contribution in [1.82, 2.24) is 9.80 Å². The van der Waals surface area contributed by atoms with Crippen LogP contribution >= 0.6 is 11.3 Å². The van der Waals surface area contributed by atoms with Gasteiger partial charge in [-0.2, -0.15) is 0 Å². The van der Waals surface area contributed by atoms with Crippen LogP contribution in [0.25, 0.3) is 15.7 Å². The maximum Gasteiger partial charge on any atom is 0.128 e. The Balaban J connectivity index is 1.13. The fourth-order valence-electron chi connectivity index (χ4n) is 5.24. The zero-order valence-corrected chi connectivity index (χ0v) is 22.8. The second kappa shape index (κ2) is 12.8. The molecular formula is C32H32F2N2O2S. The molecule has 0 amide bonds. The van der Waals surface area contributed by atoms with Gasteiger partial charge in [-0.05, 0) is 41.5 Å². The van der Waals surface area contributed by atoms with Crippen molar-refractivity contribution >= 4 is 32.9 Å². The Hall–Kier alpha value is -3.19. The summed E-state index contributed by atoms with van der Waals surface area (Å²) >= 11 is 1.66. The number of piperazine rings is 1. The molecule has 4 aromatic rings. The summed E-state index contributed by atoms with van der Waals surface area (Å²) in [7, 11) is 0. The summed E-state index contributed by atoms with van der Waals surface area (Å²) in [6.07, 6.45) is -0.393. The second-order valence-corrected chi connectivity index (χ2v) is 11.0. The average molecular weight is 547 g/mol. The van der Waals surface area contributed by atoms with Gasteiger partial charge in [0.1, 0.15) is 23.7 Å². The van der Waals surface area contributed by atoms with Crippen LogP contribution in [0.1, 0.15) is 29.7 Å². The molecular weight excluding hydrogens is 514 g/mol. The van der Waals surface area contributed by atoms with Crippen LogP contribution in [-0.2, 0) is 9.53 Å². The zero-order chi connectivity index (χ0) is 27.2. The van der Waals surface area contributed by atoms with Gasteiger partial charge in [0.15, 0.2) is 0 Å². The highest BCUT2D eigenvalue weighted by Gasteiger charge is 2.23. The number of thiophene rings is 1. The fourth-order valence-corrected chi connectivity index (χ4v) is 6.20.